The van der Waals surface area contributed by atoms with Crippen LogP contribution < -0.4 is 10.1 Å². The van der Waals surface area contributed by atoms with E-state index in [-0.39, 0.29) is 6.61 Å². The number of aryl methyl sites for hydroxylation is 1. The maximum atomic E-state index is 9.92. The summed E-state index contributed by atoms with van der Waals surface area (Å²) < 4.78 is 6.54. The summed E-state index contributed by atoms with van der Waals surface area (Å²) in [5.74, 6) is 0.760. The van der Waals surface area contributed by atoms with Crippen LogP contribution in [0.2, 0.25) is 0 Å². The van der Waals surface area contributed by atoms with Crippen molar-refractivity contribution < 1.29 is 9.84 Å². The molecule has 114 valence electrons. The minimum atomic E-state index is -0.521. The Morgan fingerprint density at radius 1 is 1.40 bits per heavy atom. The van der Waals surface area contributed by atoms with Crippen molar-refractivity contribution in [3.63, 3.8) is 0 Å². The number of nitrogens with one attached hydrogen (secondary N) is 1. The Hall–Kier alpha value is -0.620. The van der Waals surface area contributed by atoms with Gasteiger partial charge in [-0.05, 0) is 61.6 Å². The van der Waals surface area contributed by atoms with Gasteiger partial charge in [0, 0.05) is 19.1 Å². The van der Waals surface area contributed by atoms with Gasteiger partial charge >= 0.3 is 0 Å². The van der Waals surface area contributed by atoms with Gasteiger partial charge in [-0.25, -0.2) is 0 Å². The van der Waals surface area contributed by atoms with Crippen molar-refractivity contribution in [2.75, 3.05) is 33.8 Å². The molecule has 0 bridgehead atoms. The molecule has 0 heterocycles. The van der Waals surface area contributed by atoms with E-state index in [1.54, 1.807) is 0 Å². The van der Waals surface area contributed by atoms with Crippen molar-refractivity contribution in [2.45, 2.75) is 26.0 Å². The molecule has 0 aliphatic rings. The van der Waals surface area contributed by atoms with E-state index in [2.05, 4.69) is 33.1 Å². The SMILES string of the molecule is Cc1ccc(OCC(O)CNC(C)CN(C)C)c(Br)c1. The summed E-state index contributed by atoms with van der Waals surface area (Å²) >= 11 is 3.46. The number of aliphatic hydroxyl groups excluding tert-OH is 1. The van der Waals surface area contributed by atoms with Gasteiger partial charge < -0.3 is 20.1 Å². The Morgan fingerprint density at radius 2 is 2.10 bits per heavy atom. The fourth-order valence-corrected chi connectivity index (χ4v) is 2.53. The molecular formula is C15H25BrN2O2. The summed E-state index contributed by atoms with van der Waals surface area (Å²) in [5, 5.41) is 13.2. The van der Waals surface area contributed by atoms with Crippen LogP contribution >= 0.6 is 15.9 Å². The van der Waals surface area contributed by atoms with Gasteiger partial charge in [0.15, 0.2) is 0 Å². The monoisotopic (exact) mass is 344 g/mol. The zero-order valence-electron chi connectivity index (χ0n) is 12.7. The van der Waals surface area contributed by atoms with Gasteiger partial charge in [0.05, 0.1) is 4.47 Å². The van der Waals surface area contributed by atoms with E-state index in [0.717, 1.165) is 16.8 Å². The first-order valence-electron chi connectivity index (χ1n) is 6.83. The average molecular weight is 345 g/mol. The normalized spacial score (nSPS) is 14.3. The molecule has 0 aliphatic carbocycles. The summed E-state index contributed by atoms with van der Waals surface area (Å²) in [4.78, 5) is 2.12. The highest BCUT2D eigenvalue weighted by Gasteiger charge is 2.09. The number of ether oxygens (including phenoxy) is 1. The maximum absolute atomic E-state index is 9.92. The van der Waals surface area contributed by atoms with Gasteiger partial charge in [0.2, 0.25) is 0 Å². The highest BCUT2D eigenvalue weighted by molar-refractivity contribution is 9.10. The van der Waals surface area contributed by atoms with E-state index >= 15 is 0 Å². The molecule has 1 aromatic rings. The van der Waals surface area contributed by atoms with Crippen LogP contribution in [0.3, 0.4) is 0 Å². The van der Waals surface area contributed by atoms with Crippen LogP contribution in [0.4, 0.5) is 0 Å². The fraction of sp³-hybridized carbons (Fsp3) is 0.600. The Labute approximate surface area is 130 Å². The first kappa shape index (κ1) is 17.4. The zero-order valence-corrected chi connectivity index (χ0v) is 14.3. The van der Waals surface area contributed by atoms with Crippen LogP contribution in [0.5, 0.6) is 5.75 Å². The van der Waals surface area contributed by atoms with Crippen molar-refractivity contribution in [3.8, 4) is 5.75 Å². The van der Waals surface area contributed by atoms with Crippen LogP contribution in [-0.4, -0.2) is 55.9 Å². The van der Waals surface area contributed by atoms with E-state index in [9.17, 15) is 5.11 Å². The Bertz CT molecular complexity index is 413. The molecule has 0 saturated carbocycles. The molecule has 2 unspecified atom stereocenters. The van der Waals surface area contributed by atoms with E-state index in [0.29, 0.717) is 12.6 Å². The van der Waals surface area contributed by atoms with Crippen molar-refractivity contribution in [2.24, 2.45) is 0 Å². The third-order valence-corrected chi connectivity index (χ3v) is 3.48. The van der Waals surface area contributed by atoms with Gasteiger partial charge in [-0.3, -0.25) is 0 Å². The summed E-state index contributed by atoms with van der Waals surface area (Å²) in [6, 6.07) is 6.24. The van der Waals surface area contributed by atoms with Crippen LogP contribution in [0.15, 0.2) is 22.7 Å². The zero-order chi connectivity index (χ0) is 15.1. The van der Waals surface area contributed by atoms with Crippen LogP contribution in [-0.2, 0) is 0 Å². The number of hydrogen-bond donors (Lipinski definition) is 2. The molecule has 0 aromatic heterocycles. The van der Waals surface area contributed by atoms with Crippen molar-refractivity contribution in [1.82, 2.24) is 10.2 Å². The number of benzene rings is 1. The maximum Gasteiger partial charge on any atom is 0.133 e. The lowest BCUT2D eigenvalue weighted by molar-refractivity contribution is 0.102. The van der Waals surface area contributed by atoms with Crippen molar-refractivity contribution in [3.05, 3.63) is 28.2 Å². The molecule has 0 radical (unpaired) electrons. The van der Waals surface area contributed by atoms with E-state index in [1.165, 1.54) is 5.56 Å². The molecule has 4 nitrogen and oxygen atoms in total. The molecule has 0 aliphatic heterocycles. The average Bonchev–Trinajstić information content (AvgIpc) is 2.34. The largest absolute Gasteiger partial charge is 0.490 e. The third kappa shape index (κ3) is 6.70. The second kappa shape index (κ2) is 8.62. The molecule has 5 heteroatoms. The summed E-state index contributed by atoms with van der Waals surface area (Å²) in [7, 11) is 4.07. The fourth-order valence-electron chi connectivity index (χ4n) is 1.92. The van der Waals surface area contributed by atoms with E-state index in [4.69, 9.17) is 4.74 Å². The minimum absolute atomic E-state index is 0.281. The van der Waals surface area contributed by atoms with E-state index in [1.807, 2.05) is 39.2 Å². The lowest BCUT2D eigenvalue weighted by atomic mass is 10.2. The first-order chi connectivity index (χ1) is 9.38. The number of rotatable bonds is 8. The standard InChI is InChI=1S/C15H25BrN2O2/c1-11-5-6-15(14(16)7-11)20-10-13(19)8-17-12(2)9-18(3)4/h5-7,12-13,17,19H,8-10H2,1-4H3. The second-order valence-corrected chi connectivity index (χ2v) is 6.32. The molecule has 0 saturated heterocycles. The lowest BCUT2D eigenvalue weighted by Gasteiger charge is -2.20. The topological polar surface area (TPSA) is 44.7 Å². The molecule has 2 atom stereocenters. The number of nitrogens with zero attached hydrogens (tertiary/aromatic N) is 1. The molecular weight excluding hydrogens is 320 g/mol. The quantitative estimate of drug-likeness (QED) is 0.757. The summed E-state index contributed by atoms with van der Waals surface area (Å²) in [5.41, 5.74) is 1.17. The first-order valence-corrected chi connectivity index (χ1v) is 7.63. The van der Waals surface area contributed by atoms with Crippen molar-refractivity contribution >= 4 is 15.9 Å². The summed E-state index contributed by atoms with van der Waals surface area (Å²) in [6.45, 7) is 5.88. The molecule has 1 aromatic carbocycles. The molecule has 1 rings (SSSR count). The smallest absolute Gasteiger partial charge is 0.133 e. The molecule has 0 spiro atoms. The predicted octanol–water partition coefficient (Wildman–Crippen LogP) is 2.04. The Balaban J connectivity index is 2.30. The van der Waals surface area contributed by atoms with E-state index < -0.39 is 6.10 Å². The Morgan fingerprint density at radius 3 is 2.70 bits per heavy atom. The highest BCUT2D eigenvalue weighted by atomic mass is 79.9. The van der Waals surface area contributed by atoms with Gasteiger partial charge in [-0.15, -0.1) is 0 Å². The van der Waals surface area contributed by atoms with Crippen LogP contribution in [0.1, 0.15) is 12.5 Å². The van der Waals surface area contributed by atoms with Crippen LogP contribution in [0, 0.1) is 6.92 Å². The minimum Gasteiger partial charge on any atom is -0.490 e. The molecule has 2 N–H and O–H groups in total. The lowest BCUT2D eigenvalue weighted by Crippen LogP contribution is -2.41. The molecule has 0 amide bonds. The summed E-state index contributed by atoms with van der Waals surface area (Å²) in [6.07, 6.45) is -0.521. The highest BCUT2D eigenvalue weighted by Crippen LogP contribution is 2.25. The van der Waals surface area contributed by atoms with Crippen LogP contribution in [0.25, 0.3) is 0 Å². The number of aliphatic hydroxyl groups is 1. The third-order valence-electron chi connectivity index (χ3n) is 2.86. The predicted molar refractivity (Wildman–Crippen MR) is 86.4 cm³/mol. The number of likely N-dealkylation sites (N-methyl/N-ethyl adjacent to an activating group) is 1. The van der Waals surface area contributed by atoms with Gasteiger partial charge in [-0.1, -0.05) is 6.07 Å². The van der Waals surface area contributed by atoms with Gasteiger partial charge in [0.1, 0.15) is 18.5 Å². The number of halogens is 1. The van der Waals surface area contributed by atoms with Gasteiger partial charge in [0.25, 0.3) is 0 Å². The molecule has 0 fully saturated rings. The second-order valence-electron chi connectivity index (χ2n) is 5.47. The van der Waals surface area contributed by atoms with Crippen molar-refractivity contribution in [1.29, 1.82) is 0 Å². The van der Waals surface area contributed by atoms with Gasteiger partial charge in [-0.2, -0.15) is 0 Å². The molecule has 20 heavy (non-hydrogen) atoms. The Kier molecular flexibility index (Phi) is 7.51. The number of hydrogen-bond acceptors (Lipinski definition) is 4.